The third-order valence-electron chi connectivity index (χ3n) is 13.2. The average Bonchev–Trinajstić information content (AvgIpc) is 3.23. The minimum Gasteiger partial charge on any atom is -0.249 e. The van der Waals surface area contributed by atoms with Crippen LogP contribution < -0.4 is 17.1 Å². The van der Waals surface area contributed by atoms with Crippen LogP contribution in [-0.2, 0) is 18.5 Å². The minimum absolute atomic E-state index is 0.299. The molecule has 6 atom stereocenters. The second kappa shape index (κ2) is 33.1. The van der Waals surface area contributed by atoms with Crippen LogP contribution >= 0.6 is 0 Å². The Bertz CT molecular complexity index is 1340. The lowest BCUT2D eigenvalue weighted by Crippen LogP contribution is -2.56. The fraction of sp³-hybridized carbons (Fsp3) is 0.706. The van der Waals surface area contributed by atoms with E-state index in [2.05, 4.69) is 81.0 Å². The first-order valence-corrected chi connectivity index (χ1v) is 27.6. The molecule has 6 radical (unpaired) electrons. The highest BCUT2D eigenvalue weighted by molar-refractivity contribution is 6.37. The molecule has 0 amide bonds. The van der Waals surface area contributed by atoms with Gasteiger partial charge in [-0.2, -0.15) is 0 Å². The molecule has 1 aromatic rings. The molecule has 0 aliphatic carbocycles. The highest BCUT2D eigenvalue weighted by atomic mass is 28.2. The first-order valence-electron chi connectivity index (χ1n) is 23.8. The summed E-state index contributed by atoms with van der Waals surface area (Å²) >= 11 is 0. The Labute approximate surface area is 375 Å². The predicted octanol–water partition coefficient (Wildman–Crippen LogP) is 12.5. The van der Waals surface area contributed by atoms with Crippen LogP contribution in [0.2, 0.25) is 16.6 Å². The van der Waals surface area contributed by atoms with E-state index in [0.717, 1.165) is 116 Å². The molecule has 0 N–H and O–H groups in total. The molecule has 0 aromatic carbocycles. The molecule has 6 nitrogen and oxygen atoms in total. The van der Waals surface area contributed by atoms with E-state index < -0.39 is 17.1 Å². The zero-order chi connectivity index (χ0) is 44.9. The molecule has 0 aliphatic rings. The molecule has 0 fully saturated rings. The maximum absolute atomic E-state index is 14.5. The molecular formula is C51H87N3O3Si3. The number of rotatable bonds is 39. The van der Waals surface area contributed by atoms with Gasteiger partial charge in [-0.25, -0.2) is 28.1 Å². The molecular weight excluding hydrogens is 787 g/mol. The molecule has 0 aliphatic heterocycles. The summed E-state index contributed by atoms with van der Waals surface area (Å²) in [6.07, 6.45) is 31.9. The van der Waals surface area contributed by atoms with Gasteiger partial charge in [-0.3, -0.25) is 0 Å². The summed E-state index contributed by atoms with van der Waals surface area (Å²) < 4.78 is 4.21. The summed E-state index contributed by atoms with van der Waals surface area (Å²) in [7, 11) is 1.06. The van der Waals surface area contributed by atoms with Crippen LogP contribution in [0.15, 0.2) is 90.3 Å². The smallest absolute Gasteiger partial charge is 0.249 e. The van der Waals surface area contributed by atoms with Gasteiger partial charge in [0, 0.05) is 18.5 Å². The van der Waals surface area contributed by atoms with Crippen molar-refractivity contribution in [3.8, 4) is 0 Å². The van der Waals surface area contributed by atoms with Gasteiger partial charge in [0.05, 0.1) is 28.6 Å². The molecule has 1 rings (SSSR count). The molecule has 0 spiro atoms. The lowest BCUT2D eigenvalue weighted by atomic mass is 9.85. The van der Waals surface area contributed by atoms with Crippen molar-refractivity contribution >= 4 is 28.6 Å². The first-order chi connectivity index (χ1) is 29.0. The molecule has 0 saturated carbocycles. The van der Waals surface area contributed by atoms with Gasteiger partial charge in [-0.05, 0) is 129 Å². The van der Waals surface area contributed by atoms with Gasteiger partial charge in [0.25, 0.3) is 0 Å². The summed E-state index contributed by atoms with van der Waals surface area (Å²) in [5.74, 6) is 3.54. The predicted molar refractivity (Wildman–Crippen MR) is 267 cm³/mol. The van der Waals surface area contributed by atoms with E-state index in [-0.39, 0.29) is 0 Å². The molecule has 0 bridgehead atoms. The van der Waals surface area contributed by atoms with Crippen LogP contribution in [0.4, 0.5) is 0 Å². The second-order valence-electron chi connectivity index (χ2n) is 17.5. The summed E-state index contributed by atoms with van der Waals surface area (Å²) in [4.78, 5) is 43.4. The zero-order valence-corrected chi connectivity index (χ0v) is 42.3. The van der Waals surface area contributed by atoms with E-state index in [1.807, 2.05) is 36.5 Å². The van der Waals surface area contributed by atoms with Crippen molar-refractivity contribution in [2.75, 3.05) is 0 Å². The van der Waals surface area contributed by atoms with Crippen molar-refractivity contribution in [2.24, 2.45) is 35.5 Å². The van der Waals surface area contributed by atoms with E-state index in [0.29, 0.717) is 99.2 Å². The van der Waals surface area contributed by atoms with E-state index in [1.165, 1.54) is 13.7 Å². The monoisotopic (exact) mass is 874 g/mol. The number of allylic oxidation sites excluding steroid dienone is 6. The van der Waals surface area contributed by atoms with Crippen LogP contribution in [0.1, 0.15) is 157 Å². The highest BCUT2D eigenvalue weighted by Gasteiger charge is 2.25. The normalized spacial score (nSPS) is 14.8. The van der Waals surface area contributed by atoms with Crippen molar-refractivity contribution in [1.82, 2.24) is 13.7 Å². The molecule has 1 aromatic heterocycles. The second-order valence-corrected chi connectivity index (χ2v) is 22.1. The minimum atomic E-state index is -0.461. The van der Waals surface area contributed by atoms with Crippen LogP contribution in [-0.4, -0.2) is 42.3 Å². The van der Waals surface area contributed by atoms with Crippen LogP contribution in [0.5, 0.6) is 0 Å². The molecule has 1 heterocycles. The van der Waals surface area contributed by atoms with Crippen molar-refractivity contribution in [3.05, 3.63) is 107 Å². The molecule has 9 heteroatoms. The van der Waals surface area contributed by atoms with Gasteiger partial charge in [0.1, 0.15) is 0 Å². The highest BCUT2D eigenvalue weighted by Crippen LogP contribution is 2.33. The van der Waals surface area contributed by atoms with Gasteiger partial charge in [-0.1, -0.05) is 117 Å². The van der Waals surface area contributed by atoms with E-state index in [4.69, 9.17) is 0 Å². The van der Waals surface area contributed by atoms with Gasteiger partial charge >= 0.3 is 17.1 Å². The zero-order valence-electron chi connectivity index (χ0n) is 39.3. The van der Waals surface area contributed by atoms with Crippen molar-refractivity contribution < 1.29 is 0 Å². The summed E-state index contributed by atoms with van der Waals surface area (Å²) in [5, 5.41) is 0. The SMILES string of the molecule is C=CCC(CC(CC)CC)CC(CC=C)[Si]Cn1c(=O)n(C[Si]C(CC=C)CC(CC=C)CC(CC)CC)c(=O)n(C[Si]C(CC=C)CC(CC=C)CC(CC)CC)c1=O. The van der Waals surface area contributed by atoms with Crippen molar-refractivity contribution in [2.45, 2.75) is 192 Å². The van der Waals surface area contributed by atoms with Gasteiger partial charge in [-0.15, -0.1) is 39.5 Å². The number of hydrogen-bond acceptors (Lipinski definition) is 3. The Balaban J connectivity index is 3.70. The van der Waals surface area contributed by atoms with Crippen LogP contribution in [0.3, 0.4) is 0 Å². The molecule has 6 unspecified atom stereocenters. The van der Waals surface area contributed by atoms with E-state index in [1.54, 1.807) is 0 Å². The largest absolute Gasteiger partial charge is 0.335 e. The number of hydrogen-bond donors (Lipinski definition) is 0. The fourth-order valence-corrected chi connectivity index (χ4v) is 13.8. The topological polar surface area (TPSA) is 66.0 Å². The van der Waals surface area contributed by atoms with Crippen LogP contribution in [0, 0.1) is 35.5 Å². The summed E-state index contributed by atoms with van der Waals surface area (Å²) in [6.45, 7) is 38.1. The average molecular weight is 875 g/mol. The number of nitrogens with zero attached hydrogens (tertiary/aromatic N) is 3. The Morgan fingerprint density at radius 2 is 0.583 bits per heavy atom. The lowest BCUT2D eigenvalue weighted by Gasteiger charge is -2.26. The van der Waals surface area contributed by atoms with E-state index >= 15 is 0 Å². The third kappa shape index (κ3) is 20.1. The molecule has 336 valence electrons. The quantitative estimate of drug-likeness (QED) is 0.0489. The third-order valence-corrected chi connectivity index (χ3v) is 17.8. The maximum atomic E-state index is 14.5. The Morgan fingerprint density at radius 3 is 0.767 bits per heavy atom. The lowest BCUT2D eigenvalue weighted by molar-refractivity contribution is 0.333. The Morgan fingerprint density at radius 1 is 0.367 bits per heavy atom. The Kier molecular flexibility index (Phi) is 30.6. The van der Waals surface area contributed by atoms with Crippen molar-refractivity contribution in [3.63, 3.8) is 0 Å². The Hall–Kier alpha value is -2.50. The standard InChI is InChI=1S/C51H87N3O3Si3/c1-13-25-43(31-40(19-7)20-8)34-46(28-16-4)58-37-52-49(55)53(38-59-47(29-17-5)35-44(26-14-2)32-41(21-9)22-10)51(57)54(50(52)56)39-60-48(30-18-6)36-45(27-15-3)33-42(23-11)24-12/h13-18,40-48H,1-6,19-39H2,7-12H3. The number of aromatic nitrogens is 3. The van der Waals surface area contributed by atoms with Gasteiger partial charge < -0.3 is 0 Å². The van der Waals surface area contributed by atoms with Gasteiger partial charge in [0.15, 0.2) is 0 Å². The fourth-order valence-electron chi connectivity index (χ4n) is 9.20. The van der Waals surface area contributed by atoms with E-state index in [9.17, 15) is 14.4 Å². The first kappa shape index (κ1) is 55.5. The molecule has 60 heavy (non-hydrogen) atoms. The van der Waals surface area contributed by atoms with Crippen molar-refractivity contribution in [1.29, 1.82) is 0 Å². The maximum Gasteiger partial charge on any atom is 0.335 e. The molecule has 0 saturated heterocycles. The summed E-state index contributed by atoms with van der Waals surface area (Å²) in [5.41, 5.74) is -0.484. The van der Waals surface area contributed by atoms with Gasteiger partial charge in [0.2, 0.25) is 0 Å². The summed E-state index contributed by atoms with van der Waals surface area (Å²) in [6, 6.07) is 0. The van der Waals surface area contributed by atoms with Crippen LogP contribution in [0.25, 0.3) is 0 Å².